The predicted molar refractivity (Wildman–Crippen MR) is 78.3 cm³/mol. The largest absolute Gasteiger partial charge is 0.493 e. The van der Waals surface area contributed by atoms with Crippen molar-refractivity contribution in [3.63, 3.8) is 0 Å². The smallest absolute Gasteiger partial charge is 0.339 e. The summed E-state index contributed by atoms with van der Waals surface area (Å²) in [6.45, 7) is 4.15. The number of carboxylic acids is 1. The Morgan fingerprint density at radius 1 is 1.38 bits per heavy atom. The lowest BCUT2D eigenvalue weighted by Crippen LogP contribution is -2.32. The molecule has 0 unspecified atom stereocenters. The van der Waals surface area contributed by atoms with Gasteiger partial charge in [0.1, 0.15) is 5.56 Å². The molecule has 1 aromatic carbocycles. The Balaban J connectivity index is 2.86. The number of nitrogens with one attached hydrogen (secondary N) is 1. The summed E-state index contributed by atoms with van der Waals surface area (Å²) >= 11 is 5.81. The van der Waals surface area contributed by atoms with Crippen molar-refractivity contribution in [1.29, 1.82) is 0 Å². The summed E-state index contributed by atoms with van der Waals surface area (Å²) in [5.74, 6) is -1.09. The highest BCUT2D eigenvalue weighted by Gasteiger charge is 2.19. The van der Waals surface area contributed by atoms with Gasteiger partial charge in [-0.05, 0) is 12.0 Å². The van der Waals surface area contributed by atoms with Crippen LogP contribution in [0.1, 0.15) is 24.2 Å². The number of hydrogen-bond acceptors (Lipinski definition) is 4. The van der Waals surface area contributed by atoms with Crippen LogP contribution in [0.2, 0.25) is 5.02 Å². The van der Waals surface area contributed by atoms with Crippen LogP contribution in [0.5, 0.6) is 11.5 Å². The van der Waals surface area contributed by atoms with Gasteiger partial charge < -0.3 is 19.9 Å². The number of carbonyl (C=O) groups excluding carboxylic acids is 1. The lowest BCUT2D eigenvalue weighted by Gasteiger charge is -2.14. The highest BCUT2D eigenvalue weighted by atomic mass is 35.5. The molecule has 0 bridgehead atoms. The highest BCUT2D eigenvalue weighted by molar-refractivity contribution is 6.31. The number of hydrogen-bond donors (Lipinski definition) is 2. The number of carboxylic acid groups (broad SMARTS) is 1. The van der Waals surface area contributed by atoms with Gasteiger partial charge in [0.15, 0.2) is 18.1 Å². The maximum atomic E-state index is 11.6. The van der Waals surface area contributed by atoms with Gasteiger partial charge in [-0.25, -0.2) is 4.79 Å². The van der Waals surface area contributed by atoms with E-state index in [1.165, 1.54) is 19.2 Å². The quantitative estimate of drug-likeness (QED) is 0.805. The second-order valence-corrected chi connectivity index (χ2v) is 5.21. The number of ether oxygens (including phenoxy) is 2. The van der Waals surface area contributed by atoms with Crippen molar-refractivity contribution < 1.29 is 24.2 Å². The molecule has 21 heavy (non-hydrogen) atoms. The van der Waals surface area contributed by atoms with E-state index in [1.807, 2.05) is 13.8 Å². The minimum Gasteiger partial charge on any atom is -0.493 e. The fraction of sp³-hybridized carbons (Fsp3) is 0.429. The first-order valence-corrected chi connectivity index (χ1v) is 6.73. The van der Waals surface area contributed by atoms with E-state index in [4.69, 9.17) is 26.2 Å². The Morgan fingerprint density at radius 3 is 2.57 bits per heavy atom. The second kappa shape index (κ2) is 7.73. The number of halogens is 1. The Morgan fingerprint density at radius 2 is 2.05 bits per heavy atom. The molecule has 0 radical (unpaired) electrons. The molecule has 1 rings (SSSR count). The molecular weight excluding hydrogens is 298 g/mol. The Labute approximate surface area is 128 Å². The molecule has 0 spiro atoms. The molecule has 0 aromatic heterocycles. The molecule has 2 N–H and O–H groups in total. The lowest BCUT2D eigenvalue weighted by molar-refractivity contribution is -0.123. The molecule has 0 saturated carbocycles. The summed E-state index contributed by atoms with van der Waals surface area (Å²) in [6, 6.07) is 2.67. The van der Waals surface area contributed by atoms with Crippen molar-refractivity contribution in [3.8, 4) is 11.5 Å². The van der Waals surface area contributed by atoms with Crippen LogP contribution in [0.25, 0.3) is 0 Å². The van der Waals surface area contributed by atoms with E-state index >= 15 is 0 Å². The topological polar surface area (TPSA) is 84.9 Å². The normalized spacial score (nSPS) is 10.3. The van der Waals surface area contributed by atoms with Crippen LogP contribution in [-0.2, 0) is 4.79 Å². The van der Waals surface area contributed by atoms with Crippen LogP contribution < -0.4 is 14.8 Å². The molecule has 0 aliphatic carbocycles. The minimum absolute atomic E-state index is 0.0194. The van der Waals surface area contributed by atoms with E-state index < -0.39 is 5.97 Å². The molecule has 1 aromatic rings. The summed E-state index contributed by atoms with van der Waals surface area (Å²) in [5, 5.41) is 12.0. The molecule has 0 saturated heterocycles. The summed E-state index contributed by atoms with van der Waals surface area (Å²) in [7, 11) is 1.36. The number of carbonyl (C=O) groups is 2. The fourth-order valence-corrected chi connectivity index (χ4v) is 1.74. The Bertz CT molecular complexity index is 530. The van der Waals surface area contributed by atoms with Crippen molar-refractivity contribution in [2.75, 3.05) is 20.3 Å². The third kappa shape index (κ3) is 5.15. The molecule has 0 aliphatic heterocycles. The van der Waals surface area contributed by atoms with E-state index in [2.05, 4.69) is 5.32 Å². The van der Waals surface area contributed by atoms with Crippen molar-refractivity contribution >= 4 is 23.5 Å². The molecule has 1 amide bonds. The van der Waals surface area contributed by atoms with Crippen molar-refractivity contribution in [1.82, 2.24) is 5.32 Å². The molecule has 7 heteroatoms. The number of rotatable bonds is 7. The van der Waals surface area contributed by atoms with Crippen molar-refractivity contribution in [3.05, 3.63) is 22.7 Å². The molecule has 0 atom stereocenters. The first-order valence-electron chi connectivity index (χ1n) is 6.35. The third-order valence-electron chi connectivity index (χ3n) is 2.53. The molecule has 0 heterocycles. The summed E-state index contributed by atoms with van der Waals surface area (Å²) in [6.07, 6.45) is 0. The number of aromatic carboxylic acids is 1. The molecule has 0 aliphatic rings. The lowest BCUT2D eigenvalue weighted by atomic mass is 10.2. The highest BCUT2D eigenvalue weighted by Crippen LogP contribution is 2.34. The standard InChI is InChI=1S/C14H18ClNO5/c1-8(2)6-16-12(17)7-21-13-10(14(18)19)4-9(15)5-11(13)20-3/h4-5,8H,6-7H2,1-3H3,(H,16,17)(H,18,19). The van der Waals surface area contributed by atoms with E-state index in [-0.39, 0.29) is 34.6 Å². The minimum atomic E-state index is -1.21. The summed E-state index contributed by atoms with van der Waals surface area (Å²) in [5.41, 5.74) is -0.156. The maximum Gasteiger partial charge on any atom is 0.339 e. The van der Waals surface area contributed by atoms with Crippen LogP contribution in [0.3, 0.4) is 0 Å². The van der Waals surface area contributed by atoms with Gasteiger partial charge >= 0.3 is 5.97 Å². The van der Waals surface area contributed by atoms with E-state index in [9.17, 15) is 9.59 Å². The van der Waals surface area contributed by atoms with E-state index in [0.29, 0.717) is 12.5 Å². The SMILES string of the molecule is COc1cc(Cl)cc(C(=O)O)c1OCC(=O)NCC(C)C. The van der Waals surface area contributed by atoms with Gasteiger partial charge in [0.05, 0.1) is 7.11 Å². The van der Waals surface area contributed by atoms with Gasteiger partial charge in [-0.3, -0.25) is 4.79 Å². The van der Waals surface area contributed by atoms with Gasteiger partial charge in [-0.15, -0.1) is 0 Å². The molecule has 116 valence electrons. The van der Waals surface area contributed by atoms with Crippen LogP contribution in [-0.4, -0.2) is 37.2 Å². The second-order valence-electron chi connectivity index (χ2n) is 4.78. The van der Waals surface area contributed by atoms with Crippen LogP contribution in [0.15, 0.2) is 12.1 Å². The predicted octanol–water partition coefficient (Wildman–Crippen LogP) is 2.20. The summed E-state index contributed by atoms with van der Waals surface area (Å²) < 4.78 is 10.3. The average molecular weight is 316 g/mol. The van der Waals surface area contributed by atoms with Gasteiger partial charge in [0, 0.05) is 17.6 Å². The Hall–Kier alpha value is -1.95. The number of amides is 1. The van der Waals surface area contributed by atoms with Crippen LogP contribution in [0.4, 0.5) is 0 Å². The number of methoxy groups -OCH3 is 1. The molecule has 6 nitrogen and oxygen atoms in total. The molecular formula is C14H18ClNO5. The van der Waals surface area contributed by atoms with E-state index in [0.717, 1.165) is 0 Å². The molecule has 0 fully saturated rings. The maximum absolute atomic E-state index is 11.6. The zero-order chi connectivity index (χ0) is 16.0. The number of benzene rings is 1. The van der Waals surface area contributed by atoms with Crippen molar-refractivity contribution in [2.24, 2.45) is 5.92 Å². The first-order chi connectivity index (χ1) is 9.85. The zero-order valence-electron chi connectivity index (χ0n) is 12.1. The average Bonchev–Trinajstić information content (AvgIpc) is 2.42. The van der Waals surface area contributed by atoms with Gasteiger partial charge in [-0.2, -0.15) is 0 Å². The van der Waals surface area contributed by atoms with Gasteiger partial charge in [-0.1, -0.05) is 25.4 Å². The monoisotopic (exact) mass is 315 g/mol. The Kier molecular flexibility index (Phi) is 6.30. The van der Waals surface area contributed by atoms with Crippen LogP contribution in [0, 0.1) is 5.92 Å². The zero-order valence-corrected chi connectivity index (χ0v) is 12.9. The van der Waals surface area contributed by atoms with Gasteiger partial charge in [0.2, 0.25) is 0 Å². The van der Waals surface area contributed by atoms with Crippen LogP contribution >= 0.6 is 11.6 Å². The van der Waals surface area contributed by atoms with Crippen molar-refractivity contribution in [2.45, 2.75) is 13.8 Å². The summed E-state index contributed by atoms with van der Waals surface area (Å²) in [4.78, 5) is 22.8. The fourth-order valence-electron chi connectivity index (χ4n) is 1.53. The first kappa shape index (κ1) is 17.1. The third-order valence-corrected chi connectivity index (χ3v) is 2.74. The van der Waals surface area contributed by atoms with Gasteiger partial charge in [0.25, 0.3) is 5.91 Å². The van der Waals surface area contributed by atoms with E-state index in [1.54, 1.807) is 0 Å².